The SMILES string of the molecule is CC(C)(C)c1nc(C(=O)O)nn1-c1ccc(Cl)c(Cl)c1. The molecule has 1 N–H and O–H groups in total. The van der Waals surface area contributed by atoms with Crippen LogP contribution in [0.1, 0.15) is 37.2 Å². The summed E-state index contributed by atoms with van der Waals surface area (Å²) >= 11 is 11.9. The Labute approximate surface area is 126 Å². The van der Waals surface area contributed by atoms with Gasteiger partial charge in [0.2, 0.25) is 0 Å². The Bertz CT molecular complexity index is 675. The first-order valence-electron chi connectivity index (χ1n) is 5.86. The molecule has 0 aliphatic rings. The molecule has 0 bridgehead atoms. The van der Waals surface area contributed by atoms with Gasteiger partial charge in [0, 0.05) is 5.41 Å². The second-order valence-corrected chi connectivity index (χ2v) is 6.14. The second-order valence-electron chi connectivity index (χ2n) is 5.32. The number of hydrogen-bond acceptors (Lipinski definition) is 3. The predicted octanol–water partition coefficient (Wildman–Crippen LogP) is 3.57. The molecule has 1 aromatic carbocycles. The molecule has 0 aliphatic carbocycles. The maximum absolute atomic E-state index is 11.1. The Morgan fingerprint density at radius 3 is 2.40 bits per heavy atom. The van der Waals surface area contributed by atoms with Gasteiger partial charge in [0.1, 0.15) is 5.82 Å². The van der Waals surface area contributed by atoms with Gasteiger partial charge in [0.15, 0.2) is 0 Å². The van der Waals surface area contributed by atoms with Gasteiger partial charge in [-0.3, -0.25) is 0 Å². The van der Waals surface area contributed by atoms with Crippen molar-refractivity contribution in [3.05, 3.63) is 39.9 Å². The Morgan fingerprint density at radius 1 is 1.25 bits per heavy atom. The first-order chi connectivity index (χ1) is 9.20. The topological polar surface area (TPSA) is 68.0 Å². The molecule has 0 fully saturated rings. The highest BCUT2D eigenvalue weighted by molar-refractivity contribution is 6.42. The third-order valence-corrected chi connectivity index (χ3v) is 3.36. The van der Waals surface area contributed by atoms with Crippen LogP contribution in [0.3, 0.4) is 0 Å². The first kappa shape index (κ1) is 14.8. The van der Waals surface area contributed by atoms with Crippen molar-refractivity contribution in [2.75, 3.05) is 0 Å². The van der Waals surface area contributed by atoms with E-state index in [2.05, 4.69) is 10.1 Å². The van der Waals surface area contributed by atoms with E-state index < -0.39 is 5.97 Å². The Morgan fingerprint density at radius 2 is 1.90 bits per heavy atom. The zero-order valence-electron chi connectivity index (χ0n) is 11.2. The molecule has 0 spiro atoms. The van der Waals surface area contributed by atoms with Gasteiger partial charge in [-0.2, -0.15) is 0 Å². The number of halogens is 2. The smallest absolute Gasteiger partial charge is 0.375 e. The van der Waals surface area contributed by atoms with Crippen LogP contribution in [0.25, 0.3) is 5.69 Å². The Balaban J connectivity index is 2.65. The molecule has 2 aromatic rings. The molecule has 2 rings (SSSR count). The van der Waals surface area contributed by atoms with E-state index in [1.54, 1.807) is 18.2 Å². The summed E-state index contributed by atoms with van der Waals surface area (Å²) in [7, 11) is 0. The summed E-state index contributed by atoms with van der Waals surface area (Å²) < 4.78 is 1.48. The van der Waals surface area contributed by atoms with Crippen LogP contribution in [0, 0.1) is 0 Å². The van der Waals surface area contributed by atoms with E-state index in [0.717, 1.165) is 0 Å². The Hall–Kier alpha value is -1.59. The van der Waals surface area contributed by atoms with Crippen LogP contribution in [0.4, 0.5) is 0 Å². The van der Waals surface area contributed by atoms with Gasteiger partial charge in [-0.15, -0.1) is 5.10 Å². The maximum atomic E-state index is 11.1. The number of aromatic carboxylic acids is 1. The number of hydrogen-bond donors (Lipinski definition) is 1. The lowest BCUT2D eigenvalue weighted by Gasteiger charge is -2.18. The van der Waals surface area contributed by atoms with Crippen molar-refractivity contribution in [1.29, 1.82) is 0 Å². The molecule has 1 aromatic heterocycles. The molecule has 106 valence electrons. The van der Waals surface area contributed by atoms with Gasteiger partial charge in [-0.25, -0.2) is 14.5 Å². The normalized spacial score (nSPS) is 11.7. The van der Waals surface area contributed by atoms with Gasteiger partial charge in [-0.05, 0) is 18.2 Å². The lowest BCUT2D eigenvalue weighted by atomic mass is 9.95. The average molecular weight is 314 g/mol. The number of aromatic nitrogens is 3. The monoisotopic (exact) mass is 313 g/mol. The van der Waals surface area contributed by atoms with E-state index in [1.807, 2.05) is 20.8 Å². The van der Waals surface area contributed by atoms with Crippen molar-refractivity contribution in [2.45, 2.75) is 26.2 Å². The van der Waals surface area contributed by atoms with Crippen molar-refractivity contribution >= 4 is 29.2 Å². The molecule has 5 nitrogen and oxygen atoms in total. The van der Waals surface area contributed by atoms with Crippen molar-refractivity contribution in [1.82, 2.24) is 14.8 Å². The van der Waals surface area contributed by atoms with E-state index >= 15 is 0 Å². The minimum Gasteiger partial charge on any atom is -0.475 e. The zero-order chi connectivity index (χ0) is 15.1. The van der Waals surface area contributed by atoms with E-state index in [1.165, 1.54) is 4.68 Å². The minimum absolute atomic E-state index is 0.249. The van der Waals surface area contributed by atoms with Crippen molar-refractivity contribution < 1.29 is 9.90 Å². The van der Waals surface area contributed by atoms with E-state index in [0.29, 0.717) is 21.6 Å². The fourth-order valence-corrected chi connectivity index (χ4v) is 1.98. The fraction of sp³-hybridized carbons (Fsp3) is 0.308. The minimum atomic E-state index is -1.17. The molecule has 0 atom stereocenters. The molecule has 1 heterocycles. The number of rotatable bonds is 2. The van der Waals surface area contributed by atoms with Crippen LogP contribution < -0.4 is 0 Å². The van der Waals surface area contributed by atoms with Crippen LogP contribution in [-0.2, 0) is 5.41 Å². The molecular formula is C13H13Cl2N3O2. The van der Waals surface area contributed by atoms with Gasteiger partial charge < -0.3 is 5.11 Å². The number of benzene rings is 1. The summed E-state index contributed by atoms with van der Waals surface area (Å²) in [6.45, 7) is 5.78. The third kappa shape index (κ3) is 2.78. The van der Waals surface area contributed by atoms with Crippen LogP contribution in [-0.4, -0.2) is 25.8 Å². The summed E-state index contributed by atoms with van der Waals surface area (Å²) in [5.41, 5.74) is 0.247. The summed E-state index contributed by atoms with van der Waals surface area (Å²) in [5, 5.41) is 13.9. The molecule has 20 heavy (non-hydrogen) atoms. The van der Waals surface area contributed by atoms with Crippen LogP contribution in [0.15, 0.2) is 18.2 Å². The fourth-order valence-electron chi connectivity index (χ4n) is 1.68. The van der Waals surface area contributed by atoms with Gasteiger partial charge >= 0.3 is 5.97 Å². The first-order valence-corrected chi connectivity index (χ1v) is 6.62. The molecule has 0 aliphatic heterocycles. The highest BCUT2D eigenvalue weighted by atomic mass is 35.5. The highest BCUT2D eigenvalue weighted by Crippen LogP contribution is 2.27. The van der Waals surface area contributed by atoms with E-state index in [4.69, 9.17) is 28.3 Å². The number of nitrogens with zero attached hydrogens (tertiary/aromatic N) is 3. The Kier molecular flexibility index (Phi) is 3.75. The third-order valence-electron chi connectivity index (χ3n) is 2.62. The molecule has 0 saturated carbocycles. The quantitative estimate of drug-likeness (QED) is 0.920. The summed E-state index contributed by atoms with van der Waals surface area (Å²) in [4.78, 5) is 15.1. The van der Waals surface area contributed by atoms with Gasteiger partial charge in [-0.1, -0.05) is 44.0 Å². The lowest BCUT2D eigenvalue weighted by molar-refractivity contribution is 0.0683. The van der Waals surface area contributed by atoms with E-state index in [-0.39, 0.29) is 11.2 Å². The van der Waals surface area contributed by atoms with E-state index in [9.17, 15) is 4.79 Å². The number of carboxylic acids is 1. The predicted molar refractivity (Wildman–Crippen MR) is 77.0 cm³/mol. The zero-order valence-corrected chi connectivity index (χ0v) is 12.7. The molecule has 7 heteroatoms. The molecule has 0 amide bonds. The standard InChI is InChI=1S/C13H13Cl2N3O2/c1-13(2,3)12-16-10(11(19)20)17-18(12)7-4-5-8(14)9(15)6-7/h4-6H,1-3H3,(H,19,20). The van der Waals surface area contributed by atoms with Gasteiger partial charge in [0.05, 0.1) is 15.7 Å². The van der Waals surface area contributed by atoms with Gasteiger partial charge in [0.25, 0.3) is 5.82 Å². The van der Waals surface area contributed by atoms with Crippen LogP contribution in [0.5, 0.6) is 0 Å². The van der Waals surface area contributed by atoms with Crippen molar-refractivity contribution in [3.63, 3.8) is 0 Å². The summed E-state index contributed by atoms with van der Waals surface area (Å²) in [5.74, 6) is -0.886. The summed E-state index contributed by atoms with van der Waals surface area (Å²) in [6.07, 6.45) is 0. The largest absolute Gasteiger partial charge is 0.475 e. The number of carboxylic acid groups (broad SMARTS) is 1. The maximum Gasteiger partial charge on any atom is 0.375 e. The lowest BCUT2D eigenvalue weighted by Crippen LogP contribution is -2.18. The molecule has 0 unspecified atom stereocenters. The van der Waals surface area contributed by atoms with Crippen LogP contribution >= 0.6 is 23.2 Å². The van der Waals surface area contributed by atoms with Crippen molar-refractivity contribution in [3.8, 4) is 5.69 Å². The average Bonchev–Trinajstić information content (AvgIpc) is 2.77. The highest BCUT2D eigenvalue weighted by Gasteiger charge is 2.26. The molecular weight excluding hydrogens is 301 g/mol. The molecule has 0 radical (unpaired) electrons. The summed E-state index contributed by atoms with van der Waals surface area (Å²) in [6, 6.07) is 4.97. The second kappa shape index (κ2) is 5.07. The van der Waals surface area contributed by atoms with Crippen molar-refractivity contribution in [2.24, 2.45) is 0 Å². The molecule has 0 saturated heterocycles. The number of carbonyl (C=O) groups is 1. The van der Waals surface area contributed by atoms with Crippen LogP contribution in [0.2, 0.25) is 10.0 Å².